The molecule has 1 amide bonds. The summed E-state index contributed by atoms with van der Waals surface area (Å²) < 4.78 is 31.6. The maximum absolute atomic E-state index is 10.4. The molecule has 0 aromatic heterocycles. The van der Waals surface area contributed by atoms with Crippen LogP contribution in [0.15, 0.2) is 0 Å². The van der Waals surface area contributed by atoms with Gasteiger partial charge >= 0.3 is 10.4 Å². The zero-order valence-electron chi connectivity index (χ0n) is 9.05. The van der Waals surface area contributed by atoms with Crippen molar-refractivity contribution in [3.05, 3.63) is 0 Å². The molecule has 104 valence electrons. The fourth-order valence-corrected chi connectivity index (χ4v) is 1.32. The largest absolute Gasteiger partial charge is 0.394 e. The van der Waals surface area contributed by atoms with Crippen LogP contribution in [0.25, 0.3) is 0 Å². The molecule has 0 aliphatic rings. The van der Waals surface area contributed by atoms with E-state index in [2.05, 4.69) is 0 Å². The number of halogens is 2. The molecule has 10 heteroatoms. The number of alkyl halides is 2. The summed E-state index contributed by atoms with van der Waals surface area (Å²) in [5.41, 5.74) is 5.00. The van der Waals surface area contributed by atoms with Crippen LogP contribution in [-0.4, -0.2) is 59.7 Å². The summed E-state index contributed by atoms with van der Waals surface area (Å²) >= 11 is 11.1. The Hall–Kier alpha value is -0.120. The van der Waals surface area contributed by atoms with Gasteiger partial charge in [-0.25, -0.2) is 0 Å². The average molecular weight is 311 g/mol. The molecule has 17 heavy (non-hydrogen) atoms. The van der Waals surface area contributed by atoms with Crippen molar-refractivity contribution >= 4 is 39.5 Å². The lowest BCUT2D eigenvalue weighted by Gasteiger charge is -2.18. The first-order valence-corrected chi connectivity index (χ1v) is 6.99. The van der Waals surface area contributed by atoms with Gasteiger partial charge in [0, 0.05) is 37.8 Å². The molecule has 0 bridgehead atoms. The van der Waals surface area contributed by atoms with Gasteiger partial charge < -0.3 is 10.6 Å². The predicted molar refractivity (Wildman–Crippen MR) is 65.9 cm³/mol. The monoisotopic (exact) mass is 310 g/mol. The molecule has 0 unspecified atom stereocenters. The van der Waals surface area contributed by atoms with Crippen LogP contribution in [0, 0.1) is 0 Å². The van der Waals surface area contributed by atoms with Gasteiger partial charge in [-0.1, -0.05) is 0 Å². The number of primary amides is 1. The molecular weight excluding hydrogens is 295 g/mol. The molecule has 0 atom stereocenters. The highest BCUT2D eigenvalue weighted by Crippen LogP contribution is 1.93. The van der Waals surface area contributed by atoms with Crippen LogP contribution in [0.2, 0.25) is 0 Å². The van der Waals surface area contributed by atoms with E-state index in [0.29, 0.717) is 24.7 Å². The summed E-state index contributed by atoms with van der Waals surface area (Å²) in [6.45, 7) is 2.15. The van der Waals surface area contributed by atoms with E-state index >= 15 is 0 Å². The van der Waals surface area contributed by atoms with E-state index < -0.39 is 10.4 Å². The van der Waals surface area contributed by atoms with Crippen molar-refractivity contribution < 1.29 is 22.3 Å². The number of hydrogen-bond acceptors (Lipinski definition) is 4. The quantitative estimate of drug-likeness (QED) is 0.449. The van der Waals surface area contributed by atoms with E-state index in [-0.39, 0.29) is 5.91 Å². The molecule has 0 aliphatic carbocycles. The lowest BCUT2D eigenvalue weighted by molar-refractivity contribution is -0.118. The molecule has 0 spiro atoms. The number of nitrogens with two attached hydrogens (primary N) is 1. The van der Waals surface area contributed by atoms with Crippen molar-refractivity contribution in [2.24, 2.45) is 5.73 Å². The summed E-state index contributed by atoms with van der Waals surface area (Å²) in [7, 11) is -4.67. The van der Waals surface area contributed by atoms with Crippen molar-refractivity contribution in [2.45, 2.75) is 6.42 Å². The predicted octanol–water partition coefficient (Wildman–Crippen LogP) is -0.0114. The van der Waals surface area contributed by atoms with Gasteiger partial charge in [0.15, 0.2) is 0 Å². The summed E-state index contributed by atoms with van der Waals surface area (Å²) in [6.07, 6.45) is 0.369. The second kappa shape index (κ2) is 11.0. The SMILES string of the molecule is NC(=O)CCN(CCCl)CCCl.O=S(=O)(O)O. The summed E-state index contributed by atoms with van der Waals surface area (Å²) in [5.74, 6) is 0.815. The smallest absolute Gasteiger partial charge is 0.370 e. The molecule has 7 nitrogen and oxygen atoms in total. The van der Waals surface area contributed by atoms with E-state index in [1.807, 2.05) is 4.90 Å². The number of hydrogen-bond donors (Lipinski definition) is 3. The summed E-state index contributed by atoms with van der Waals surface area (Å²) in [6, 6.07) is 0. The van der Waals surface area contributed by atoms with E-state index in [9.17, 15) is 4.79 Å². The van der Waals surface area contributed by atoms with E-state index in [0.717, 1.165) is 13.1 Å². The molecule has 0 radical (unpaired) electrons. The fourth-order valence-electron chi connectivity index (χ4n) is 0.843. The first-order valence-electron chi connectivity index (χ1n) is 4.53. The Morgan fingerprint density at radius 3 is 1.71 bits per heavy atom. The second-order valence-electron chi connectivity index (χ2n) is 2.88. The standard InChI is InChI=1S/C7H14Cl2N2O.H2O4S/c8-2-5-11(6-3-9)4-1-7(10)12;1-5(2,3)4/h1-6H2,(H2,10,12);(H2,1,2,3,4). The number of rotatable bonds is 7. The molecule has 0 aromatic carbocycles. The van der Waals surface area contributed by atoms with Gasteiger partial charge in [-0.3, -0.25) is 13.9 Å². The normalized spacial score (nSPS) is 10.9. The van der Waals surface area contributed by atoms with Crippen molar-refractivity contribution in [2.75, 3.05) is 31.4 Å². The molecule has 0 fully saturated rings. The minimum absolute atomic E-state index is 0.288. The van der Waals surface area contributed by atoms with Gasteiger partial charge in [0.25, 0.3) is 0 Å². The zero-order chi connectivity index (χ0) is 13.9. The molecule has 0 saturated heterocycles. The number of carbonyl (C=O) groups is 1. The highest BCUT2D eigenvalue weighted by Gasteiger charge is 2.04. The average Bonchev–Trinajstić information content (AvgIpc) is 2.12. The molecule has 0 aliphatic heterocycles. The van der Waals surface area contributed by atoms with Crippen molar-refractivity contribution in [3.8, 4) is 0 Å². The van der Waals surface area contributed by atoms with Gasteiger partial charge in [0.05, 0.1) is 0 Å². The zero-order valence-corrected chi connectivity index (χ0v) is 11.4. The third-order valence-electron chi connectivity index (χ3n) is 1.48. The number of amides is 1. The third kappa shape index (κ3) is 25.8. The topological polar surface area (TPSA) is 121 Å². The van der Waals surface area contributed by atoms with E-state index in [1.165, 1.54) is 0 Å². The lowest BCUT2D eigenvalue weighted by Crippen LogP contribution is -2.31. The van der Waals surface area contributed by atoms with Crippen LogP contribution in [0.5, 0.6) is 0 Å². The third-order valence-corrected chi connectivity index (χ3v) is 1.81. The number of nitrogens with zero attached hydrogens (tertiary/aromatic N) is 1. The second-order valence-corrected chi connectivity index (χ2v) is 4.54. The van der Waals surface area contributed by atoms with Crippen LogP contribution in [-0.2, 0) is 15.2 Å². The Kier molecular flexibility index (Phi) is 12.4. The summed E-state index contributed by atoms with van der Waals surface area (Å²) in [4.78, 5) is 12.5. The molecule has 0 saturated carbocycles. The summed E-state index contributed by atoms with van der Waals surface area (Å²) in [5, 5.41) is 0. The molecular formula is C7H16Cl2N2O5S. The molecule has 0 heterocycles. The maximum atomic E-state index is 10.4. The van der Waals surface area contributed by atoms with E-state index in [4.69, 9.17) is 46.5 Å². The number of carbonyl (C=O) groups excluding carboxylic acids is 1. The van der Waals surface area contributed by atoms with Crippen molar-refractivity contribution in [1.82, 2.24) is 4.90 Å². The van der Waals surface area contributed by atoms with Crippen molar-refractivity contribution in [1.29, 1.82) is 0 Å². The van der Waals surface area contributed by atoms with Crippen LogP contribution in [0.4, 0.5) is 0 Å². The minimum Gasteiger partial charge on any atom is -0.370 e. The van der Waals surface area contributed by atoms with Crippen LogP contribution < -0.4 is 5.73 Å². The Morgan fingerprint density at radius 1 is 1.12 bits per heavy atom. The minimum atomic E-state index is -4.67. The van der Waals surface area contributed by atoms with Gasteiger partial charge in [-0.05, 0) is 0 Å². The van der Waals surface area contributed by atoms with Crippen LogP contribution in [0.1, 0.15) is 6.42 Å². The first-order chi connectivity index (χ1) is 7.70. The van der Waals surface area contributed by atoms with Gasteiger partial charge in [0.2, 0.25) is 5.91 Å². The van der Waals surface area contributed by atoms with Crippen LogP contribution >= 0.6 is 23.2 Å². The molecule has 0 aromatic rings. The van der Waals surface area contributed by atoms with Crippen molar-refractivity contribution in [3.63, 3.8) is 0 Å². The first kappa shape index (κ1) is 19.2. The van der Waals surface area contributed by atoms with E-state index in [1.54, 1.807) is 0 Å². The van der Waals surface area contributed by atoms with Gasteiger partial charge in [0.1, 0.15) is 0 Å². The molecule has 4 N–H and O–H groups in total. The Labute approximate surface area is 110 Å². The van der Waals surface area contributed by atoms with Crippen LogP contribution in [0.3, 0.4) is 0 Å². The highest BCUT2D eigenvalue weighted by molar-refractivity contribution is 7.79. The van der Waals surface area contributed by atoms with Gasteiger partial charge in [-0.2, -0.15) is 8.42 Å². The lowest BCUT2D eigenvalue weighted by atomic mass is 10.3. The fraction of sp³-hybridized carbons (Fsp3) is 0.857. The highest BCUT2D eigenvalue weighted by atomic mass is 35.5. The van der Waals surface area contributed by atoms with Gasteiger partial charge in [-0.15, -0.1) is 23.2 Å². The Balaban J connectivity index is 0. The Morgan fingerprint density at radius 2 is 1.47 bits per heavy atom. The maximum Gasteiger partial charge on any atom is 0.394 e. The Bertz CT molecular complexity index is 285. The molecule has 0 rings (SSSR count).